The van der Waals surface area contributed by atoms with Crippen molar-refractivity contribution in [1.82, 2.24) is 15.2 Å². The SMILES string of the molecule is CC(C)C(=O)NC1CCCN(C(=O)C2CCCN(c3ncccc3C(F)(F)F)C2)C1. The third-order valence-corrected chi connectivity index (χ3v) is 5.77. The van der Waals surface area contributed by atoms with Crippen molar-refractivity contribution in [2.75, 3.05) is 31.1 Å². The quantitative estimate of drug-likeness (QED) is 0.804. The van der Waals surface area contributed by atoms with Crippen LogP contribution in [-0.4, -0.2) is 53.9 Å². The minimum atomic E-state index is -4.49. The lowest BCUT2D eigenvalue weighted by atomic mass is 9.94. The predicted octanol–water partition coefficient (Wildman–Crippen LogP) is 3.08. The van der Waals surface area contributed by atoms with E-state index >= 15 is 0 Å². The van der Waals surface area contributed by atoms with E-state index in [-0.39, 0.29) is 42.1 Å². The third-order valence-electron chi connectivity index (χ3n) is 5.77. The van der Waals surface area contributed by atoms with Crippen molar-refractivity contribution in [2.45, 2.75) is 51.7 Å². The number of likely N-dealkylation sites (tertiary alicyclic amines) is 1. The van der Waals surface area contributed by atoms with E-state index < -0.39 is 11.7 Å². The average molecular weight is 426 g/mol. The molecule has 1 N–H and O–H groups in total. The summed E-state index contributed by atoms with van der Waals surface area (Å²) in [5, 5.41) is 2.99. The minimum Gasteiger partial charge on any atom is -0.355 e. The summed E-state index contributed by atoms with van der Waals surface area (Å²) < 4.78 is 40.1. The number of aromatic nitrogens is 1. The first-order valence-corrected chi connectivity index (χ1v) is 10.5. The van der Waals surface area contributed by atoms with Gasteiger partial charge < -0.3 is 15.1 Å². The molecule has 2 saturated heterocycles. The van der Waals surface area contributed by atoms with Gasteiger partial charge in [0, 0.05) is 44.3 Å². The number of nitrogens with one attached hydrogen (secondary N) is 1. The zero-order valence-electron chi connectivity index (χ0n) is 17.4. The zero-order chi connectivity index (χ0) is 21.9. The Morgan fingerprint density at radius 3 is 2.60 bits per heavy atom. The number of nitrogens with zero attached hydrogens (tertiary/aromatic N) is 3. The van der Waals surface area contributed by atoms with Gasteiger partial charge in [0.2, 0.25) is 11.8 Å². The molecule has 3 rings (SSSR count). The maximum Gasteiger partial charge on any atom is 0.419 e. The van der Waals surface area contributed by atoms with E-state index in [4.69, 9.17) is 0 Å². The van der Waals surface area contributed by atoms with Crippen molar-refractivity contribution in [2.24, 2.45) is 11.8 Å². The number of amides is 2. The number of hydrogen-bond donors (Lipinski definition) is 1. The van der Waals surface area contributed by atoms with Gasteiger partial charge in [-0.2, -0.15) is 13.2 Å². The Kier molecular flexibility index (Phi) is 6.88. The van der Waals surface area contributed by atoms with Crippen LogP contribution in [0.4, 0.5) is 19.0 Å². The Balaban J connectivity index is 1.67. The second-order valence-electron chi connectivity index (χ2n) is 8.44. The van der Waals surface area contributed by atoms with E-state index in [2.05, 4.69) is 10.3 Å². The van der Waals surface area contributed by atoms with Crippen LogP contribution >= 0.6 is 0 Å². The Hall–Kier alpha value is -2.32. The molecule has 1 aromatic heterocycles. The van der Waals surface area contributed by atoms with Crippen LogP contribution in [0.1, 0.15) is 45.1 Å². The van der Waals surface area contributed by atoms with Crippen molar-refractivity contribution in [1.29, 1.82) is 0 Å². The summed E-state index contributed by atoms with van der Waals surface area (Å²) in [7, 11) is 0. The number of hydrogen-bond acceptors (Lipinski definition) is 4. The highest BCUT2D eigenvalue weighted by molar-refractivity contribution is 5.81. The van der Waals surface area contributed by atoms with Crippen molar-refractivity contribution >= 4 is 17.6 Å². The van der Waals surface area contributed by atoms with Crippen LogP contribution in [0.25, 0.3) is 0 Å². The normalized spacial score (nSPS) is 22.9. The lowest BCUT2D eigenvalue weighted by Gasteiger charge is -2.39. The summed E-state index contributed by atoms with van der Waals surface area (Å²) in [4.78, 5) is 32.4. The molecule has 2 aliphatic rings. The van der Waals surface area contributed by atoms with Crippen LogP contribution in [0.5, 0.6) is 0 Å². The van der Waals surface area contributed by atoms with Gasteiger partial charge in [0.1, 0.15) is 5.82 Å². The van der Waals surface area contributed by atoms with Crippen LogP contribution in [0, 0.1) is 11.8 Å². The Morgan fingerprint density at radius 1 is 1.17 bits per heavy atom. The topological polar surface area (TPSA) is 65.5 Å². The number of alkyl halides is 3. The van der Waals surface area contributed by atoms with E-state index in [1.165, 1.54) is 12.3 Å². The molecule has 0 radical (unpaired) electrons. The zero-order valence-corrected chi connectivity index (χ0v) is 17.4. The number of carbonyl (C=O) groups excluding carboxylic acids is 2. The van der Waals surface area contributed by atoms with E-state index in [1.54, 1.807) is 9.80 Å². The molecule has 166 valence electrons. The molecular weight excluding hydrogens is 397 g/mol. The number of anilines is 1. The Labute approximate surface area is 174 Å². The third kappa shape index (κ3) is 5.23. The van der Waals surface area contributed by atoms with Gasteiger partial charge in [-0.1, -0.05) is 13.8 Å². The van der Waals surface area contributed by atoms with Gasteiger partial charge >= 0.3 is 6.18 Å². The van der Waals surface area contributed by atoms with Gasteiger partial charge in [-0.15, -0.1) is 0 Å². The molecule has 0 spiro atoms. The van der Waals surface area contributed by atoms with Crippen molar-refractivity contribution in [3.8, 4) is 0 Å². The highest BCUT2D eigenvalue weighted by atomic mass is 19.4. The number of piperidine rings is 2. The molecule has 3 heterocycles. The fraction of sp³-hybridized carbons (Fsp3) is 0.667. The standard InChI is InChI=1S/C21H29F3N4O2/c1-14(2)19(29)26-16-7-5-11-28(13-16)20(30)15-6-4-10-27(12-15)18-17(21(22,23)24)8-3-9-25-18/h3,8-9,14-16H,4-7,10-13H2,1-2H3,(H,26,29). The first-order valence-electron chi connectivity index (χ1n) is 10.5. The second kappa shape index (κ2) is 9.22. The van der Waals surface area contributed by atoms with Crippen molar-refractivity contribution < 1.29 is 22.8 Å². The molecule has 2 fully saturated rings. The number of carbonyl (C=O) groups is 2. The van der Waals surface area contributed by atoms with Gasteiger partial charge in [-0.3, -0.25) is 9.59 Å². The van der Waals surface area contributed by atoms with Crippen LogP contribution in [0.15, 0.2) is 18.3 Å². The lowest BCUT2D eigenvalue weighted by Crippen LogP contribution is -2.53. The molecule has 2 atom stereocenters. The van der Waals surface area contributed by atoms with E-state index in [1.807, 2.05) is 13.8 Å². The molecule has 2 amide bonds. The molecule has 0 aromatic carbocycles. The fourth-order valence-electron chi connectivity index (χ4n) is 4.16. The molecular formula is C21H29F3N4O2. The molecule has 0 saturated carbocycles. The molecule has 2 unspecified atom stereocenters. The van der Waals surface area contributed by atoms with E-state index in [0.717, 1.165) is 18.9 Å². The molecule has 1 aromatic rings. The molecule has 30 heavy (non-hydrogen) atoms. The summed E-state index contributed by atoms with van der Waals surface area (Å²) in [6, 6.07) is 2.23. The van der Waals surface area contributed by atoms with Gasteiger partial charge in [-0.05, 0) is 37.8 Å². The predicted molar refractivity (Wildman–Crippen MR) is 107 cm³/mol. The van der Waals surface area contributed by atoms with E-state index in [0.29, 0.717) is 32.5 Å². The molecule has 9 heteroatoms. The van der Waals surface area contributed by atoms with Gasteiger partial charge in [0.15, 0.2) is 0 Å². The first-order chi connectivity index (χ1) is 14.2. The van der Waals surface area contributed by atoms with Gasteiger partial charge in [0.25, 0.3) is 0 Å². The number of halogens is 3. The monoisotopic (exact) mass is 426 g/mol. The summed E-state index contributed by atoms with van der Waals surface area (Å²) in [5.74, 6) is -0.686. The molecule has 2 aliphatic heterocycles. The highest BCUT2D eigenvalue weighted by Gasteiger charge is 2.38. The first kappa shape index (κ1) is 22.4. The van der Waals surface area contributed by atoms with Crippen LogP contribution < -0.4 is 10.2 Å². The summed E-state index contributed by atoms with van der Waals surface area (Å²) in [5.41, 5.74) is -0.771. The van der Waals surface area contributed by atoms with E-state index in [9.17, 15) is 22.8 Å². The lowest BCUT2D eigenvalue weighted by molar-refractivity contribution is -0.138. The maximum atomic E-state index is 13.4. The molecule has 0 bridgehead atoms. The minimum absolute atomic E-state index is 0.0343. The maximum absolute atomic E-state index is 13.4. The van der Waals surface area contributed by atoms with Crippen LogP contribution in [0.3, 0.4) is 0 Å². The fourth-order valence-corrected chi connectivity index (χ4v) is 4.16. The average Bonchev–Trinajstić information content (AvgIpc) is 2.73. The molecule has 0 aliphatic carbocycles. The summed E-state index contributed by atoms with van der Waals surface area (Å²) in [6.45, 7) is 5.37. The van der Waals surface area contributed by atoms with Crippen molar-refractivity contribution in [3.05, 3.63) is 23.9 Å². The number of pyridine rings is 1. The van der Waals surface area contributed by atoms with Gasteiger partial charge in [0.05, 0.1) is 11.5 Å². The second-order valence-corrected chi connectivity index (χ2v) is 8.44. The Bertz CT molecular complexity index is 769. The molecule has 6 nitrogen and oxygen atoms in total. The highest BCUT2D eigenvalue weighted by Crippen LogP contribution is 2.36. The summed E-state index contributed by atoms with van der Waals surface area (Å²) in [6.07, 6.45) is -0.252. The summed E-state index contributed by atoms with van der Waals surface area (Å²) >= 11 is 0. The largest absolute Gasteiger partial charge is 0.419 e. The van der Waals surface area contributed by atoms with Crippen molar-refractivity contribution in [3.63, 3.8) is 0 Å². The Morgan fingerprint density at radius 2 is 1.90 bits per heavy atom. The number of rotatable bonds is 4. The van der Waals surface area contributed by atoms with Crippen LogP contribution in [0.2, 0.25) is 0 Å². The smallest absolute Gasteiger partial charge is 0.355 e. The van der Waals surface area contributed by atoms with Crippen LogP contribution in [-0.2, 0) is 15.8 Å². The van der Waals surface area contributed by atoms with Gasteiger partial charge in [-0.25, -0.2) is 4.98 Å².